The summed E-state index contributed by atoms with van der Waals surface area (Å²) in [6, 6.07) is 23.6. The summed E-state index contributed by atoms with van der Waals surface area (Å²) in [4.78, 5) is 0. The maximum atomic E-state index is 6.19. The smallest absolute Gasteiger partial charge is 0.124 e. The molecule has 5 heteroatoms. The molecule has 0 fully saturated rings. The summed E-state index contributed by atoms with van der Waals surface area (Å²) < 4.78 is 5.98. The Balaban J connectivity index is 0.00000243. The summed E-state index contributed by atoms with van der Waals surface area (Å²) in [6.07, 6.45) is 0. The fourth-order valence-corrected chi connectivity index (χ4v) is 2.92. The number of benzene rings is 3. The van der Waals surface area contributed by atoms with Crippen LogP contribution in [-0.4, -0.2) is 0 Å². The molecule has 0 bridgehead atoms. The first-order chi connectivity index (χ1) is 12.2. The van der Waals surface area contributed by atoms with Crippen molar-refractivity contribution >= 4 is 35.6 Å². The van der Waals surface area contributed by atoms with Crippen molar-refractivity contribution in [3.05, 3.63) is 99.5 Å². The van der Waals surface area contributed by atoms with Crippen molar-refractivity contribution < 1.29 is 4.74 Å². The number of rotatable bonds is 7. The van der Waals surface area contributed by atoms with E-state index in [2.05, 4.69) is 17.4 Å². The van der Waals surface area contributed by atoms with Gasteiger partial charge in [-0.2, -0.15) is 0 Å². The van der Waals surface area contributed by atoms with E-state index in [0.717, 1.165) is 23.4 Å². The van der Waals surface area contributed by atoms with E-state index in [9.17, 15) is 0 Å². The summed E-state index contributed by atoms with van der Waals surface area (Å²) >= 11 is 12.3. The van der Waals surface area contributed by atoms with Gasteiger partial charge in [0.05, 0.1) is 0 Å². The van der Waals surface area contributed by atoms with Crippen LogP contribution in [0.25, 0.3) is 0 Å². The molecule has 0 aliphatic carbocycles. The minimum absolute atomic E-state index is 0. The average molecular weight is 409 g/mol. The SMILES string of the molecule is Cl.Clc1ccc(OCc2ccccc2Cl)c(CNCc2ccccc2)c1. The Kier molecular flexibility index (Phi) is 8.27. The lowest BCUT2D eigenvalue weighted by molar-refractivity contribution is 0.302. The second-order valence-corrected chi connectivity index (χ2v) is 6.56. The van der Waals surface area contributed by atoms with Gasteiger partial charge in [-0.15, -0.1) is 12.4 Å². The normalized spacial score (nSPS) is 10.2. The number of halogens is 3. The quantitative estimate of drug-likeness (QED) is 0.496. The topological polar surface area (TPSA) is 21.3 Å². The van der Waals surface area contributed by atoms with Gasteiger partial charge in [-0.1, -0.05) is 71.7 Å². The van der Waals surface area contributed by atoms with Crippen molar-refractivity contribution in [2.75, 3.05) is 0 Å². The van der Waals surface area contributed by atoms with Crippen molar-refractivity contribution in [1.29, 1.82) is 0 Å². The molecule has 136 valence electrons. The number of hydrogen-bond acceptors (Lipinski definition) is 2. The van der Waals surface area contributed by atoms with Gasteiger partial charge in [0.1, 0.15) is 12.4 Å². The summed E-state index contributed by atoms with van der Waals surface area (Å²) in [6.45, 7) is 1.89. The van der Waals surface area contributed by atoms with Crippen LogP contribution in [0.1, 0.15) is 16.7 Å². The van der Waals surface area contributed by atoms with Crippen LogP contribution in [0, 0.1) is 0 Å². The van der Waals surface area contributed by atoms with Crippen LogP contribution in [0.15, 0.2) is 72.8 Å². The van der Waals surface area contributed by atoms with Crippen LogP contribution in [-0.2, 0) is 19.7 Å². The molecule has 0 amide bonds. The number of ether oxygens (including phenoxy) is 1. The van der Waals surface area contributed by atoms with E-state index in [1.165, 1.54) is 5.56 Å². The third-order valence-electron chi connectivity index (χ3n) is 3.85. The van der Waals surface area contributed by atoms with Gasteiger partial charge in [-0.25, -0.2) is 0 Å². The molecule has 3 rings (SSSR count). The molecular weight excluding hydrogens is 389 g/mol. The van der Waals surface area contributed by atoms with Crippen molar-refractivity contribution in [3.8, 4) is 5.75 Å². The number of nitrogens with one attached hydrogen (secondary N) is 1. The second-order valence-electron chi connectivity index (χ2n) is 5.72. The third-order valence-corrected chi connectivity index (χ3v) is 4.45. The highest BCUT2D eigenvalue weighted by Gasteiger charge is 2.07. The lowest BCUT2D eigenvalue weighted by atomic mass is 10.1. The minimum Gasteiger partial charge on any atom is -0.489 e. The molecule has 0 saturated heterocycles. The Morgan fingerprint density at radius 1 is 0.769 bits per heavy atom. The van der Waals surface area contributed by atoms with E-state index in [4.69, 9.17) is 27.9 Å². The maximum Gasteiger partial charge on any atom is 0.124 e. The number of hydrogen-bond donors (Lipinski definition) is 1. The summed E-state index contributed by atoms with van der Waals surface area (Å²) in [5.74, 6) is 0.810. The Bertz CT molecular complexity index is 824. The zero-order chi connectivity index (χ0) is 17.5. The molecule has 26 heavy (non-hydrogen) atoms. The van der Waals surface area contributed by atoms with Gasteiger partial charge in [-0.05, 0) is 29.8 Å². The van der Waals surface area contributed by atoms with Crippen molar-refractivity contribution in [2.45, 2.75) is 19.7 Å². The van der Waals surface area contributed by atoms with E-state index in [1.54, 1.807) is 0 Å². The van der Waals surface area contributed by atoms with Crippen LogP contribution in [0.4, 0.5) is 0 Å². The predicted octanol–water partition coefficient (Wildman–Crippen LogP) is 6.28. The molecule has 0 spiro atoms. The zero-order valence-electron chi connectivity index (χ0n) is 14.1. The molecule has 3 aromatic rings. The molecule has 0 radical (unpaired) electrons. The van der Waals surface area contributed by atoms with Crippen LogP contribution in [0.2, 0.25) is 10.0 Å². The van der Waals surface area contributed by atoms with E-state index < -0.39 is 0 Å². The largest absolute Gasteiger partial charge is 0.489 e. The first-order valence-corrected chi connectivity index (χ1v) is 8.87. The zero-order valence-corrected chi connectivity index (χ0v) is 16.5. The Hall–Kier alpha value is -1.71. The monoisotopic (exact) mass is 407 g/mol. The Labute approximate surface area is 170 Å². The highest BCUT2D eigenvalue weighted by molar-refractivity contribution is 6.31. The van der Waals surface area contributed by atoms with Gasteiger partial charge in [0.2, 0.25) is 0 Å². The molecule has 0 heterocycles. The fourth-order valence-electron chi connectivity index (χ4n) is 2.54. The molecule has 0 saturated carbocycles. The molecule has 2 nitrogen and oxygen atoms in total. The molecule has 0 unspecified atom stereocenters. The molecule has 0 aliphatic rings. The minimum atomic E-state index is 0. The van der Waals surface area contributed by atoms with Crippen molar-refractivity contribution in [3.63, 3.8) is 0 Å². The van der Waals surface area contributed by atoms with E-state index in [1.807, 2.05) is 60.7 Å². The second kappa shape index (κ2) is 10.4. The lowest BCUT2D eigenvalue weighted by Crippen LogP contribution is -2.13. The first-order valence-electron chi connectivity index (χ1n) is 8.11. The summed E-state index contributed by atoms with van der Waals surface area (Å²) in [5, 5.41) is 4.83. The van der Waals surface area contributed by atoms with E-state index in [-0.39, 0.29) is 12.4 Å². The van der Waals surface area contributed by atoms with Gasteiger partial charge in [0.15, 0.2) is 0 Å². The van der Waals surface area contributed by atoms with Crippen LogP contribution in [0.3, 0.4) is 0 Å². The fraction of sp³-hybridized carbons (Fsp3) is 0.143. The lowest BCUT2D eigenvalue weighted by Gasteiger charge is -2.13. The van der Waals surface area contributed by atoms with E-state index >= 15 is 0 Å². The Morgan fingerprint density at radius 2 is 1.50 bits per heavy atom. The molecule has 3 aromatic carbocycles. The standard InChI is InChI=1S/C21H19Cl2NO.ClH/c22-19-10-11-21(25-15-17-8-4-5-9-20(17)23)18(12-19)14-24-13-16-6-2-1-3-7-16;/h1-12,24H,13-15H2;1H. The molecule has 0 aliphatic heterocycles. The Morgan fingerprint density at radius 3 is 2.27 bits per heavy atom. The van der Waals surface area contributed by atoms with E-state index in [0.29, 0.717) is 23.2 Å². The summed E-state index contributed by atoms with van der Waals surface area (Å²) in [5.41, 5.74) is 3.22. The predicted molar refractivity (Wildman–Crippen MR) is 111 cm³/mol. The van der Waals surface area contributed by atoms with Gasteiger partial charge < -0.3 is 10.1 Å². The van der Waals surface area contributed by atoms with Crippen LogP contribution < -0.4 is 10.1 Å². The molecule has 0 atom stereocenters. The van der Waals surface area contributed by atoms with Gasteiger partial charge in [0, 0.05) is 34.3 Å². The van der Waals surface area contributed by atoms with Crippen molar-refractivity contribution in [1.82, 2.24) is 5.32 Å². The maximum absolute atomic E-state index is 6.19. The molecule has 0 aromatic heterocycles. The molecular formula is C21H20Cl3NO. The highest BCUT2D eigenvalue weighted by atomic mass is 35.5. The average Bonchev–Trinajstić information content (AvgIpc) is 2.63. The summed E-state index contributed by atoms with van der Waals surface area (Å²) in [7, 11) is 0. The highest BCUT2D eigenvalue weighted by Crippen LogP contribution is 2.25. The molecule has 1 N–H and O–H groups in total. The van der Waals surface area contributed by atoms with Crippen molar-refractivity contribution in [2.24, 2.45) is 0 Å². The van der Waals surface area contributed by atoms with Gasteiger partial charge in [0.25, 0.3) is 0 Å². The first kappa shape index (κ1) is 20.6. The van der Waals surface area contributed by atoms with Crippen LogP contribution >= 0.6 is 35.6 Å². The van der Waals surface area contributed by atoms with Gasteiger partial charge in [-0.3, -0.25) is 0 Å². The van der Waals surface area contributed by atoms with Crippen LogP contribution in [0.5, 0.6) is 5.75 Å². The van der Waals surface area contributed by atoms with Gasteiger partial charge >= 0.3 is 0 Å². The third kappa shape index (κ3) is 5.93.